The van der Waals surface area contributed by atoms with Gasteiger partial charge >= 0.3 is 0 Å². The quantitative estimate of drug-likeness (QED) is 0.888. The Balaban J connectivity index is 1.78. The second-order valence-electron chi connectivity index (χ2n) is 5.65. The van der Waals surface area contributed by atoms with Crippen LogP contribution in [0.2, 0.25) is 0 Å². The molecule has 1 aliphatic rings. The highest BCUT2D eigenvalue weighted by Gasteiger charge is 2.22. The topological polar surface area (TPSA) is 39.3 Å². The highest BCUT2D eigenvalue weighted by Crippen LogP contribution is 2.26. The highest BCUT2D eigenvalue weighted by molar-refractivity contribution is 5.83. The summed E-state index contributed by atoms with van der Waals surface area (Å²) in [5, 5.41) is 11.7. The second kappa shape index (κ2) is 5.35. The molecule has 0 bridgehead atoms. The van der Waals surface area contributed by atoms with Gasteiger partial charge in [-0.15, -0.1) is 0 Å². The zero-order valence-corrected chi connectivity index (χ0v) is 11.5. The minimum absolute atomic E-state index is 0.406. The van der Waals surface area contributed by atoms with Crippen molar-refractivity contribution in [1.29, 1.82) is 0 Å². The van der Waals surface area contributed by atoms with Crippen molar-refractivity contribution in [2.75, 3.05) is 13.1 Å². The van der Waals surface area contributed by atoms with Crippen LogP contribution in [0.15, 0.2) is 30.5 Å². The maximum Gasteiger partial charge on any atom is 0.0937 e. The van der Waals surface area contributed by atoms with E-state index in [1.165, 1.54) is 19.3 Å². The molecule has 0 spiro atoms. The maximum atomic E-state index is 10.5. The van der Waals surface area contributed by atoms with Crippen molar-refractivity contribution in [3.05, 3.63) is 36.0 Å². The smallest absolute Gasteiger partial charge is 0.0937 e. The van der Waals surface area contributed by atoms with Crippen LogP contribution in [-0.2, 0) is 0 Å². The van der Waals surface area contributed by atoms with Crippen molar-refractivity contribution in [3.63, 3.8) is 0 Å². The summed E-state index contributed by atoms with van der Waals surface area (Å²) < 4.78 is 0. The Morgan fingerprint density at radius 3 is 3.05 bits per heavy atom. The molecule has 19 heavy (non-hydrogen) atoms. The van der Waals surface area contributed by atoms with E-state index < -0.39 is 6.10 Å². The lowest BCUT2D eigenvalue weighted by atomic mass is 10.0. The molecule has 1 saturated heterocycles. The standard InChI is InChI=1S/C16H22N2O/c1-12-6-4-5-9-18(12)11-16(19)14-10-17-15-8-3-2-7-13(14)15/h2-3,7-8,10,12,16-17,19H,4-6,9,11H2,1H3/t12-,16+/m0/s1. The number of likely N-dealkylation sites (tertiary alicyclic amines) is 1. The van der Waals surface area contributed by atoms with Crippen LogP contribution in [-0.4, -0.2) is 34.1 Å². The fourth-order valence-electron chi connectivity index (χ4n) is 3.12. The Bertz CT molecular complexity index is 548. The first-order chi connectivity index (χ1) is 9.25. The van der Waals surface area contributed by atoms with E-state index in [0.717, 1.165) is 29.6 Å². The maximum absolute atomic E-state index is 10.5. The van der Waals surface area contributed by atoms with Gasteiger partial charge in [-0.2, -0.15) is 0 Å². The molecule has 2 aromatic rings. The fraction of sp³-hybridized carbons (Fsp3) is 0.500. The number of rotatable bonds is 3. The van der Waals surface area contributed by atoms with Crippen molar-refractivity contribution in [3.8, 4) is 0 Å². The van der Waals surface area contributed by atoms with Crippen LogP contribution in [0, 0.1) is 0 Å². The van der Waals surface area contributed by atoms with Gasteiger partial charge < -0.3 is 10.1 Å². The Hall–Kier alpha value is -1.32. The number of aromatic nitrogens is 1. The Labute approximate surface area is 114 Å². The molecule has 0 aliphatic carbocycles. The van der Waals surface area contributed by atoms with Crippen molar-refractivity contribution in [1.82, 2.24) is 9.88 Å². The molecule has 1 fully saturated rings. The molecule has 3 rings (SSSR count). The number of nitrogens with one attached hydrogen (secondary N) is 1. The monoisotopic (exact) mass is 258 g/mol. The van der Waals surface area contributed by atoms with Gasteiger partial charge in [-0.1, -0.05) is 24.6 Å². The molecule has 0 unspecified atom stereocenters. The normalized spacial score (nSPS) is 22.7. The molecule has 102 valence electrons. The Morgan fingerprint density at radius 2 is 2.21 bits per heavy atom. The lowest BCUT2D eigenvalue weighted by Crippen LogP contribution is -2.40. The highest BCUT2D eigenvalue weighted by atomic mass is 16.3. The van der Waals surface area contributed by atoms with Crippen LogP contribution >= 0.6 is 0 Å². The number of H-pyrrole nitrogens is 1. The van der Waals surface area contributed by atoms with Gasteiger partial charge in [0, 0.05) is 35.2 Å². The second-order valence-corrected chi connectivity index (χ2v) is 5.65. The minimum Gasteiger partial charge on any atom is -0.387 e. The number of piperidine rings is 1. The molecule has 1 aromatic heterocycles. The molecule has 3 heteroatoms. The zero-order chi connectivity index (χ0) is 13.2. The SMILES string of the molecule is C[C@H]1CCCCN1C[C@@H](O)c1c[nH]c2ccccc12. The number of aromatic amines is 1. The van der Waals surface area contributed by atoms with Gasteiger partial charge in [-0.3, -0.25) is 4.90 Å². The predicted molar refractivity (Wildman–Crippen MR) is 78.1 cm³/mol. The van der Waals surface area contributed by atoms with Crippen LogP contribution in [0.3, 0.4) is 0 Å². The Morgan fingerprint density at radius 1 is 1.37 bits per heavy atom. The van der Waals surface area contributed by atoms with Gasteiger partial charge in [-0.05, 0) is 32.4 Å². The molecule has 2 heterocycles. The van der Waals surface area contributed by atoms with E-state index >= 15 is 0 Å². The molecule has 2 atom stereocenters. The minimum atomic E-state index is -0.406. The average molecular weight is 258 g/mol. The number of para-hydroxylation sites is 1. The predicted octanol–water partition coefficient (Wildman–Crippen LogP) is 3.08. The van der Waals surface area contributed by atoms with E-state index in [4.69, 9.17) is 0 Å². The summed E-state index contributed by atoms with van der Waals surface area (Å²) in [7, 11) is 0. The van der Waals surface area contributed by atoms with Gasteiger partial charge in [0.1, 0.15) is 0 Å². The molecular weight excluding hydrogens is 236 g/mol. The van der Waals surface area contributed by atoms with Crippen LogP contribution in [0.25, 0.3) is 10.9 Å². The molecule has 0 saturated carbocycles. The third-order valence-corrected chi connectivity index (χ3v) is 4.33. The summed E-state index contributed by atoms with van der Waals surface area (Å²) >= 11 is 0. The van der Waals surface area contributed by atoms with E-state index in [2.05, 4.69) is 28.9 Å². The van der Waals surface area contributed by atoms with E-state index in [9.17, 15) is 5.11 Å². The Kier molecular flexibility index (Phi) is 3.58. The van der Waals surface area contributed by atoms with E-state index in [0.29, 0.717) is 6.04 Å². The summed E-state index contributed by atoms with van der Waals surface area (Å²) in [6.07, 6.45) is 5.37. The summed E-state index contributed by atoms with van der Waals surface area (Å²) in [5.41, 5.74) is 2.12. The first-order valence-corrected chi connectivity index (χ1v) is 7.24. The van der Waals surface area contributed by atoms with E-state index in [1.807, 2.05) is 18.3 Å². The number of aliphatic hydroxyl groups is 1. The summed E-state index contributed by atoms with van der Waals surface area (Å²) in [4.78, 5) is 5.65. The van der Waals surface area contributed by atoms with Crippen LogP contribution in [0.4, 0.5) is 0 Å². The molecule has 1 aromatic carbocycles. The molecule has 1 aliphatic heterocycles. The number of nitrogens with zero attached hydrogens (tertiary/aromatic N) is 1. The molecule has 0 amide bonds. The van der Waals surface area contributed by atoms with E-state index in [-0.39, 0.29) is 0 Å². The number of hydrogen-bond donors (Lipinski definition) is 2. The summed E-state index contributed by atoms with van der Waals surface area (Å²) in [5.74, 6) is 0. The van der Waals surface area contributed by atoms with Crippen LogP contribution < -0.4 is 0 Å². The third kappa shape index (κ3) is 2.53. The molecule has 3 nitrogen and oxygen atoms in total. The van der Waals surface area contributed by atoms with Gasteiger partial charge in [0.2, 0.25) is 0 Å². The third-order valence-electron chi connectivity index (χ3n) is 4.33. The van der Waals surface area contributed by atoms with Gasteiger partial charge in [-0.25, -0.2) is 0 Å². The van der Waals surface area contributed by atoms with E-state index in [1.54, 1.807) is 0 Å². The summed E-state index contributed by atoms with van der Waals surface area (Å²) in [6.45, 7) is 4.12. The van der Waals surface area contributed by atoms with Gasteiger partial charge in [0.05, 0.1) is 6.10 Å². The van der Waals surface area contributed by atoms with Crippen molar-refractivity contribution < 1.29 is 5.11 Å². The van der Waals surface area contributed by atoms with Gasteiger partial charge in [0.15, 0.2) is 0 Å². The lowest BCUT2D eigenvalue weighted by molar-refractivity contribution is 0.0740. The van der Waals surface area contributed by atoms with Crippen molar-refractivity contribution >= 4 is 10.9 Å². The zero-order valence-electron chi connectivity index (χ0n) is 11.5. The first kappa shape index (κ1) is 12.7. The summed E-state index contributed by atoms with van der Waals surface area (Å²) in [6, 6.07) is 8.75. The lowest BCUT2D eigenvalue weighted by Gasteiger charge is -2.34. The van der Waals surface area contributed by atoms with Crippen LogP contribution in [0.1, 0.15) is 37.9 Å². The number of aliphatic hydroxyl groups excluding tert-OH is 1. The number of fused-ring (bicyclic) bond motifs is 1. The van der Waals surface area contributed by atoms with Crippen LogP contribution in [0.5, 0.6) is 0 Å². The van der Waals surface area contributed by atoms with Crippen molar-refractivity contribution in [2.24, 2.45) is 0 Å². The molecule has 0 radical (unpaired) electrons. The van der Waals surface area contributed by atoms with Crippen molar-refractivity contribution in [2.45, 2.75) is 38.3 Å². The molecular formula is C16H22N2O. The first-order valence-electron chi connectivity index (χ1n) is 7.24. The fourth-order valence-corrected chi connectivity index (χ4v) is 3.12. The number of β-amino-alcohol motifs (C(OH)–C–C–N with tert-alkyl or cyclic N) is 1. The number of benzene rings is 1. The largest absolute Gasteiger partial charge is 0.387 e. The average Bonchev–Trinajstić information content (AvgIpc) is 2.85. The van der Waals surface area contributed by atoms with Gasteiger partial charge in [0.25, 0.3) is 0 Å². The number of hydrogen-bond acceptors (Lipinski definition) is 2. The molecule has 2 N–H and O–H groups in total.